The van der Waals surface area contributed by atoms with Crippen molar-refractivity contribution in [3.63, 3.8) is 0 Å². The molecule has 2 aromatic rings. The molecule has 1 amide bonds. The molecule has 0 atom stereocenters. The number of hydrogen-bond acceptors (Lipinski definition) is 7. The van der Waals surface area contributed by atoms with E-state index in [1.165, 1.54) is 7.11 Å². The Morgan fingerprint density at radius 1 is 1.48 bits per heavy atom. The van der Waals surface area contributed by atoms with Gasteiger partial charge in [-0.25, -0.2) is 9.97 Å². The molecule has 110 valence electrons. The van der Waals surface area contributed by atoms with Crippen molar-refractivity contribution in [2.24, 2.45) is 0 Å². The van der Waals surface area contributed by atoms with E-state index in [0.717, 1.165) is 17.0 Å². The number of fused-ring (bicyclic) bond motifs is 1. The zero-order chi connectivity index (χ0) is 15.6. The number of carbonyl (C=O) groups is 2. The highest BCUT2D eigenvalue weighted by atomic mass is 16.6. The molecular weight excluding hydrogens is 284 g/mol. The molecule has 0 aromatic carbocycles. The van der Waals surface area contributed by atoms with E-state index in [0.29, 0.717) is 0 Å². The third kappa shape index (κ3) is 2.73. The Morgan fingerprint density at radius 3 is 2.81 bits per heavy atom. The third-order valence-corrected chi connectivity index (χ3v) is 2.46. The number of carboxylic acid groups (broad SMARTS) is 1. The van der Waals surface area contributed by atoms with Crippen LogP contribution in [0.15, 0.2) is 17.1 Å². The Kier molecular flexibility index (Phi) is 3.69. The summed E-state index contributed by atoms with van der Waals surface area (Å²) in [6.07, 6.45) is 1.04. The quantitative estimate of drug-likeness (QED) is 0.609. The number of rotatable bonds is 4. The Hall–Kier alpha value is -3.17. The Morgan fingerprint density at radius 2 is 2.19 bits per heavy atom. The van der Waals surface area contributed by atoms with Gasteiger partial charge in [-0.2, -0.15) is 0 Å². The van der Waals surface area contributed by atoms with Gasteiger partial charge in [0, 0.05) is 0 Å². The number of aromatic nitrogens is 3. The molecule has 2 rings (SSSR count). The maximum Gasteiger partial charge on any atom is 0.322 e. The molecule has 21 heavy (non-hydrogen) atoms. The van der Waals surface area contributed by atoms with E-state index in [4.69, 9.17) is 9.94 Å². The van der Waals surface area contributed by atoms with Gasteiger partial charge >= 0.3 is 5.97 Å². The highest BCUT2D eigenvalue weighted by Crippen LogP contribution is 2.18. The fraction of sp³-hybridized carbons (Fsp3) is 0.182. The van der Waals surface area contributed by atoms with Gasteiger partial charge in [0.05, 0.1) is 12.3 Å². The number of hydrogen-bond donors (Lipinski definition) is 3. The van der Waals surface area contributed by atoms with Crippen LogP contribution in [0.2, 0.25) is 0 Å². The summed E-state index contributed by atoms with van der Waals surface area (Å²) in [4.78, 5) is 46.1. The zero-order valence-electron chi connectivity index (χ0n) is 10.7. The van der Waals surface area contributed by atoms with Crippen LogP contribution in [0.4, 0.5) is 0 Å². The van der Waals surface area contributed by atoms with Gasteiger partial charge in [0.2, 0.25) is 5.65 Å². The molecule has 0 saturated carbocycles. The number of nitrogens with zero attached hydrogens (tertiary/aromatic N) is 3. The summed E-state index contributed by atoms with van der Waals surface area (Å²) in [7, 11) is 1.23. The largest absolute Gasteiger partial charge is 0.505 e. The minimum absolute atomic E-state index is 0.0720. The number of carbonyl (C=O) groups excluding carboxylic acids is 1. The normalized spacial score (nSPS) is 10.3. The minimum atomic E-state index is -1.21. The maximum absolute atomic E-state index is 11.7. The van der Waals surface area contributed by atoms with Crippen LogP contribution in [0, 0.1) is 0 Å². The molecule has 2 heterocycles. The van der Waals surface area contributed by atoms with Crippen LogP contribution >= 0.6 is 0 Å². The zero-order valence-corrected chi connectivity index (χ0v) is 10.7. The summed E-state index contributed by atoms with van der Waals surface area (Å²) in [5.74, 6) is -2.46. The second kappa shape index (κ2) is 5.45. The lowest BCUT2D eigenvalue weighted by Crippen LogP contribution is -2.30. The molecule has 0 aliphatic heterocycles. The van der Waals surface area contributed by atoms with E-state index in [1.807, 2.05) is 0 Å². The Labute approximate surface area is 116 Å². The summed E-state index contributed by atoms with van der Waals surface area (Å²) in [5.41, 5.74) is -1.06. The molecule has 0 aliphatic carbocycles. The number of pyridine rings is 1. The molecule has 0 fully saturated rings. The summed E-state index contributed by atoms with van der Waals surface area (Å²) in [6.45, 7) is -0.581. The molecule has 0 radical (unpaired) electrons. The van der Waals surface area contributed by atoms with Gasteiger partial charge in [0.25, 0.3) is 11.5 Å². The van der Waals surface area contributed by atoms with Gasteiger partial charge in [-0.15, -0.1) is 4.73 Å². The average molecular weight is 294 g/mol. The molecule has 0 bridgehead atoms. The predicted octanol–water partition coefficient (Wildman–Crippen LogP) is -1.63. The third-order valence-electron chi connectivity index (χ3n) is 2.46. The molecule has 2 aromatic heterocycles. The highest BCUT2D eigenvalue weighted by Gasteiger charge is 2.15. The molecule has 0 unspecified atom stereocenters. The summed E-state index contributed by atoms with van der Waals surface area (Å²) >= 11 is 0. The number of nitrogens with one attached hydrogen (secondary N) is 1. The first-order valence-electron chi connectivity index (χ1n) is 5.60. The van der Waals surface area contributed by atoms with E-state index in [-0.39, 0.29) is 16.9 Å². The topological polar surface area (TPSA) is 144 Å². The lowest BCUT2D eigenvalue weighted by atomic mass is 10.3. The van der Waals surface area contributed by atoms with Gasteiger partial charge in [-0.05, 0) is 0 Å². The van der Waals surface area contributed by atoms with Crippen molar-refractivity contribution in [3.8, 4) is 5.75 Å². The van der Waals surface area contributed by atoms with Crippen molar-refractivity contribution < 1.29 is 24.6 Å². The molecule has 10 heteroatoms. The minimum Gasteiger partial charge on any atom is -0.505 e. The molecule has 0 aliphatic rings. The smallest absolute Gasteiger partial charge is 0.322 e. The Bertz CT molecular complexity index is 784. The predicted molar refractivity (Wildman–Crippen MR) is 67.9 cm³/mol. The van der Waals surface area contributed by atoms with Crippen molar-refractivity contribution in [1.29, 1.82) is 0 Å². The van der Waals surface area contributed by atoms with Gasteiger partial charge < -0.3 is 20.4 Å². The average Bonchev–Trinajstić information content (AvgIpc) is 2.44. The van der Waals surface area contributed by atoms with Crippen molar-refractivity contribution in [2.75, 3.05) is 13.7 Å². The SMILES string of the molecule is COn1c(=O)cc(O)c2nc(C(=O)NCC(=O)O)cnc21. The number of aliphatic carboxylic acids is 1. The van der Waals surface area contributed by atoms with Crippen LogP contribution in [-0.4, -0.2) is 50.4 Å². The Balaban J connectivity index is 2.49. The van der Waals surface area contributed by atoms with Crippen LogP contribution in [-0.2, 0) is 4.79 Å². The molecule has 0 spiro atoms. The maximum atomic E-state index is 11.7. The van der Waals surface area contributed by atoms with Crippen LogP contribution in [0.3, 0.4) is 0 Å². The van der Waals surface area contributed by atoms with Crippen molar-refractivity contribution in [1.82, 2.24) is 20.0 Å². The lowest BCUT2D eigenvalue weighted by molar-refractivity contribution is -0.135. The van der Waals surface area contributed by atoms with Crippen molar-refractivity contribution in [3.05, 3.63) is 28.3 Å². The highest BCUT2D eigenvalue weighted by molar-refractivity contribution is 5.95. The van der Waals surface area contributed by atoms with Gasteiger partial charge in [-0.3, -0.25) is 14.4 Å². The second-order valence-corrected chi connectivity index (χ2v) is 3.85. The molecular formula is C11H10N4O6. The van der Waals surface area contributed by atoms with E-state index in [2.05, 4.69) is 15.3 Å². The van der Waals surface area contributed by atoms with Crippen molar-refractivity contribution in [2.45, 2.75) is 0 Å². The van der Waals surface area contributed by atoms with E-state index in [1.54, 1.807) is 0 Å². The first-order valence-corrected chi connectivity index (χ1v) is 5.60. The molecule has 3 N–H and O–H groups in total. The summed E-state index contributed by atoms with van der Waals surface area (Å²) in [6, 6.07) is 0.861. The summed E-state index contributed by atoms with van der Waals surface area (Å²) < 4.78 is 0.793. The van der Waals surface area contributed by atoms with Gasteiger partial charge in [-0.1, -0.05) is 0 Å². The van der Waals surface area contributed by atoms with E-state index < -0.39 is 29.7 Å². The second-order valence-electron chi connectivity index (χ2n) is 3.85. The fourth-order valence-electron chi connectivity index (χ4n) is 1.58. The lowest BCUT2D eigenvalue weighted by Gasteiger charge is -2.08. The first kappa shape index (κ1) is 14.2. The van der Waals surface area contributed by atoms with E-state index >= 15 is 0 Å². The monoisotopic (exact) mass is 294 g/mol. The van der Waals surface area contributed by atoms with Crippen molar-refractivity contribution >= 4 is 23.0 Å². The number of aromatic hydroxyl groups is 1. The standard InChI is InChI=1S/C11H10N4O6/c1-21-15-7(17)2-6(16)9-10(15)12-3-5(14-9)11(20)13-4-8(18)19/h2-3,16H,4H2,1H3,(H,13,20)(H,18,19). The van der Waals surface area contributed by atoms with Crippen LogP contribution in [0.1, 0.15) is 10.5 Å². The van der Waals surface area contributed by atoms with Crippen LogP contribution < -0.4 is 15.7 Å². The number of amides is 1. The van der Waals surface area contributed by atoms with Crippen LogP contribution in [0.25, 0.3) is 11.2 Å². The van der Waals surface area contributed by atoms with E-state index in [9.17, 15) is 19.5 Å². The van der Waals surface area contributed by atoms with Gasteiger partial charge in [0.15, 0.2) is 11.3 Å². The van der Waals surface area contributed by atoms with Crippen LogP contribution in [0.5, 0.6) is 5.75 Å². The van der Waals surface area contributed by atoms with Gasteiger partial charge in [0.1, 0.15) is 19.3 Å². The summed E-state index contributed by atoms with van der Waals surface area (Å²) in [5, 5.41) is 20.3. The fourth-order valence-corrected chi connectivity index (χ4v) is 1.58. The number of carboxylic acids is 1. The molecule has 0 saturated heterocycles. The first-order chi connectivity index (χ1) is 9.93. The molecule has 10 nitrogen and oxygen atoms in total.